The standard InChI is InChI=1S/C12H21NOS/c1-9(2)5-4-6-11(14)7-12-13-10(3)8-15-12/h8-9,11,14H,4-7H2,1-3H3. The Balaban J connectivity index is 2.21. The van der Waals surface area contributed by atoms with E-state index in [0.29, 0.717) is 0 Å². The number of rotatable bonds is 6. The molecule has 15 heavy (non-hydrogen) atoms. The number of hydrogen-bond acceptors (Lipinski definition) is 3. The lowest BCUT2D eigenvalue weighted by atomic mass is 10.0. The first-order chi connectivity index (χ1) is 7.08. The van der Waals surface area contributed by atoms with Gasteiger partial charge in [-0.25, -0.2) is 4.98 Å². The second-order valence-corrected chi connectivity index (χ2v) is 5.51. The molecule has 1 aromatic rings. The lowest BCUT2D eigenvalue weighted by molar-refractivity contribution is 0.159. The van der Waals surface area contributed by atoms with Crippen molar-refractivity contribution in [3.8, 4) is 0 Å². The van der Waals surface area contributed by atoms with E-state index in [9.17, 15) is 5.11 Å². The molecule has 1 aromatic heterocycles. The lowest BCUT2D eigenvalue weighted by Gasteiger charge is -2.09. The van der Waals surface area contributed by atoms with Crippen LogP contribution in [0.1, 0.15) is 43.8 Å². The molecule has 3 heteroatoms. The highest BCUT2D eigenvalue weighted by Gasteiger charge is 2.08. The van der Waals surface area contributed by atoms with Crippen LogP contribution in [-0.2, 0) is 6.42 Å². The average Bonchev–Trinajstić information content (AvgIpc) is 2.50. The fraction of sp³-hybridized carbons (Fsp3) is 0.750. The van der Waals surface area contributed by atoms with E-state index in [0.717, 1.165) is 35.9 Å². The van der Waals surface area contributed by atoms with Crippen LogP contribution in [0.15, 0.2) is 5.38 Å². The quantitative estimate of drug-likeness (QED) is 0.809. The van der Waals surface area contributed by atoms with Crippen LogP contribution in [-0.4, -0.2) is 16.2 Å². The number of thiazole rings is 1. The van der Waals surface area contributed by atoms with Gasteiger partial charge in [-0.05, 0) is 19.3 Å². The topological polar surface area (TPSA) is 33.1 Å². The van der Waals surface area contributed by atoms with Crippen molar-refractivity contribution in [2.75, 3.05) is 0 Å². The molecule has 1 rings (SSSR count). The molecular weight excluding hydrogens is 206 g/mol. The monoisotopic (exact) mass is 227 g/mol. The molecule has 1 heterocycles. The maximum Gasteiger partial charge on any atom is 0.0953 e. The minimum absolute atomic E-state index is 0.214. The van der Waals surface area contributed by atoms with Crippen LogP contribution in [0.4, 0.5) is 0 Å². The summed E-state index contributed by atoms with van der Waals surface area (Å²) in [5.41, 5.74) is 1.06. The minimum Gasteiger partial charge on any atom is -0.393 e. The van der Waals surface area contributed by atoms with Crippen LogP contribution >= 0.6 is 11.3 Å². The smallest absolute Gasteiger partial charge is 0.0953 e. The van der Waals surface area contributed by atoms with Crippen LogP contribution in [0.5, 0.6) is 0 Å². The Bertz CT molecular complexity index is 283. The van der Waals surface area contributed by atoms with Crippen molar-refractivity contribution in [3.63, 3.8) is 0 Å². The molecule has 0 aliphatic rings. The third kappa shape index (κ3) is 5.28. The summed E-state index contributed by atoms with van der Waals surface area (Å²) in [7, 11) is 0. The van der Waals surface area contributed by atoms with Gasteiger partial charge in [0.25, 0.3) is 0 Å². The summed E-state index contributed by atoms with van der Waals surface area (Å²) in [6.45, 7) is 6.43. The molecule has 0 aliphatic heterocycles. The molecule has 1 N–H and O–H groups in total. The van der Waals surface area contributed by atoms with Gasteiger partial charge in [-0.3, -0.25) is 0 Å². The Morgan fingerprint density at radius 3 is 2.67 bits per heavy atom. The zero-order chi connectivity index (χ0) is 11.3. The predicted octanol–water partition coefficient (Wildman–Crippen LogP) is 3.18. The van der Waals surface area contributed by atoms with Crippen molar-refractivity contribution < 1.29 is 5.11 Å². The maximum absolute atomic E-state index is 9.79. The molecule has 0 aliphatic carbocycles. The van der Waals surface area contributed by atoms with E-state index >= 15 is 0 Å². The van der Waals surface area contributed by atoms with Gasteiger partial charge in [-0.1, -0.05) is 26.7 Å². The molecule has 86 valence electrons. The Morgan fingerprint density at radius 2 is 2.13 bits per heavy atom. The molecule has 1 atom stereocenters. The van der Waals surface area contributed by atoms with Gasteiger partial charge in [0.15, 0.2) is 0 Å². The van der Waals surface area contributed by atoms with Crippen LogP contribution < -0.4 is 0 Å². The van der Waals surface area contributed by atoms with E-state index in [4.69, 9.17) is 0 Å². The highest BCUT2D eigenvalue weighted by molar-refractivity contribution is 7.09. The third-order valence-electron chi connectivity index (χ3n) is 2.40. The van der Waals surface area contributed by atoms with E-state index in [1.54, 1.807) is 11.3 Å². The number of aryl methyl sites for hydroxylation is 1. The third-order valence-corrected chi connectivity index (χ3v) is 3.38. The van der Waals surface area contributed by atoms with Gasteiger partial charge in [0.05, 0.1) is 11.1 Å². The van der Waals surface area contributed by atoms with E-state index in [1.807, 2.05) is 12.3 Å². The normalized spacial score (nSPS) is 13.4. The zero-order valence-electron chi connectivity index (χ0n) is 9.86. The van der Waals surface area contributed by atoms with Crippen molar-refractivity contribution in [3.05, 3.63) is 16.1 Å². The fourth-order valence-electron chi connectivity index (χ4n) is 1.56. The van der Waals surface area contributed by atoms with Crippen molar-refractivity contribution in [1.29, 1.82) is 0 Å². The Kier molecular flexibility index (Phi) is 5.26. The number of aliphatic hydroxyl groups is 1. The van der Waals surface area contributed by atoms with Crippen LogP contribution in [0, 0.1) is 12.8 Å². The summed E-state index contributed by atoms with van der Waals surface area (Å²) in [5, 5.41) is 12.9. The van der Waals surface area contributed by atoms with Crippen LogP contribution in [0.2, 0.25) is 0 Å². The van der Waals surface area contributed by atoms with Crippen molar-refractivity contribution in [2.24, 2.45) is 5.92 Å². The molecule has 0 amide bonds. The van der Waals surface area contributed by atoms with E-state index < -0.39 is 0 Å². The molecule has 0 bridgehead atoms. The summed E-state index contributed by atoms with van der Waals surface area (Å²) < 4.78 is 0. The number of aromatic nitrogens is 1. The van der Waals surface area contributed by atoms with Crippen molar-refractivity contribution in [1.82, 2.24) is 4.98 Å². The van der Waals surface area contributed by atoms with Gasteiger partial charge in [0.2, 0.25) is 0 Å². The first-order valence-electron chi connectivity index (χ1n) is 5.67. The molecular formula is C12H21NOS. The van der Waals surface area contributed by atoms with Gasteiger partial charge in [0.1, 0.15) is 0 Å². The highest BCUT2D eigenvalue weighted by atomic mass is 32.1. The second-order valence-electron chi connectivity index (χ2n) is 4.57. The van der Waals surface area contributed by atoms with Crippen LogP contribution in [0.25, 0.3) is 0 Å². The van der Waals surface area contributed by atoms with Gasteiger partial charge in [0, 0.05) is 17.5 Å². The van der Waals surface area contributed by atoms with E-state index in [-0.39, 0.29) is 6.10 Å². The predicted molar refractivity (Wildman–Crippen MR) is 65.3 cm³/mol. The minimum atomic E-state index is -0.214. The summed E-state index contributed by atoms with van der Waals surface area (Å²) in [6.07, 6.45) is 3.72. The highest BCUT2D eigenvalue weighted by Crippen LogP contribution is 2.15. The van der Waals surface area contributed by atoms with Gasteiger partial charge < -0.3 is 5.11 Å². The van der Waals surface area contributed by atoms with Gasteiger partial charge >= 0.3 is 0 Å². The molecule has 0 aromatic carbocycles. The summed E-state index contributed by atoms with van der Waals surface area (Å²) in [5.74, 6) is 0.735. The maximum atomic E-state index is 9.79. The SMILES string of the molecule is Cc1csc(CC(O)CCCC(C)C)n1. The summed E-state index contributed by atoms with van der Waals surface area (Å²) in [4.78, 5) is 4.35. The first kappa shape index (κ1) is 12.7. The fourth-order valence-corrected chi connectivity index (χ4v) is 2.41. The van der Waals surface area contributed by atoms with Crippen molar-refractivity contribution in [2.45, 2.75) is 52.6 Å². The van der Waals surface area contributed by atoms with Crippen LogP contribution in [0.3, 0.4) is 0 Å². The van der Waals surface area contributed by atoms with E-state index in [2.05, 4.69) is 18.8 Å². The van der Waals surface area contributed by atoms with Gasteiger partial charge in [-0.2, -0.15) is 0 Å². The molecule has 0 fully saturated rings. The molecule has 0 saturated heterocycles. The summed E-state index contributed by atoms with van der Waals surface area (Å²) >= 11 is 1.65. The average molecular weight is 227 g/mol. The molecule has 1 unspecified atom stereocenters. The van der Waals surface area contributed by atoms with Crippen molar-refractivity contribution >= 4 is 11.3 Å². The van der Waals surface area contributed by atoms with Gasteiger partial charge in [-0.15, -0.1) is 11.3 Å². The number of aliphatic hydroxyl groups excluding tert-OH is 1. The Labute approximate surface area is 96.4 Å². The number of hydrogen-bond donors (Lipinski definition) is 1. The lowest BCUT2D eigenvalue weighted by Crippen LogP contribution is -2.10. The first-order valence-corrected chi connectivity index (χ1v) is 6.55. The molecule has 0 saturated carbocycles. The molecule has 0 spiro atoms. The summed E-state index contributed by atoms with van der Waals surface area (Å²) in [6, 6.07) is 0. The molecule has 2 nitrogen and oxygen atoms in total. The zero-order valence-corrected chi connectivity index (χ0v) is 10.7. The largest absolute Gasteiger partial charge is 0.393 e. The Hall–Kier alpha value is -0.410. The second kappa shape index (κ2) is 6.23. The Morgan fingerprint density at radius 1 is 1.40 bits per heavy atom. The van der Waals surface area contributed by atoms with E-state index in [1.165, 1.54) is 6.42 Å². The molecule has 0 radical (unpaired) electrons. The number of nitrogens with zero attached hydrogens (tertiary/aromatic N) is 1.